The van der Waals surface area contributed by atoms with E-state index >= 15 is 0 Å². The Morgan fingerprint density at radius 1 is 1.19 bits per heavy atom. The first-order chi connectivity index (χ1) is 7.74. The van der Waals surface area contributed by atoms with Crippen LogP contribution in [0.25, 0.3) is 0 Å². The van der Waals surface area contributed by atoms with Gasteiger partial charge in [0, 0.05) is 12.1 Å². The summed E-state index contributed by atoms with van der Waals surface area (Å²) in [5, 5.41) is 3.47. The van der Waals surface area contributed by atoms with Crippen molar-refractivity contribution in [1.82, 2.24) is 9.97 Å². The molecule has 1 heterocycles. The van der Waals surface area contributed by atoms with Crippen LogP contribution in [0.1, 0.15) is 44.3 Å². The summed E-state index contributed by atoms with van der Waals surface area (Å²) in [6, 6.07) is 2.37. The Bertz CT molecular complexity index is 323. The predicted octanol–water partition coefficient (Wildman–Crippen LogP) is 2.50. The second kappa shape index (κ2) is 5.14. The maximum absolute atomic E-state index is 5.70. The lowest BCUT2D eigenvalue weighted by Crippen LogP contribution is -2.19. The van der Waals surface area contributed by atoms with Gasteiger partial charge in [-0.15, -0.1) is 0 Å². The molecule has 4 heteroatoms. The zero-order chi connectivity index (χ0) is 11.4. The molecular formula is C12H20N4. The monoisotopic (exact) mass is 220 g/mol. The van der Waals surface area contributed by atoms with E-state index in [1.807, 2.05) is 13.0 Å². The highest BCUT2D eigenvalue weighted by molar-refractivity contribution is 5.45. The van der Waals surface area contributed by atoms with Gasteiger partial charge in [-0.25, -0.2) is 9.97 Å². The van der Waals surface area contributed by atoms with Crippen LogP contribution in [0.15, 0.2) is 6.07 Å². The summed E-state index contributed by atoms with van der Waals surface area (Å²) in [5.74, 6) is 2.15. The molecule has 88 valence electrons. The standard InChI is InChI=1S/C12H20N4/c1-9-14-11(13)8-12(15-9)16-10-6-4-2-3-5-7-10/h8,10H,2-7H2,1H3,(H3,13,14,15,16). The van der Waals surface area contributed by atoms with Crippen LogP contribution in [0.5, 0.6) is 0 Å². The van der Waals surface area contributed by atoms with E-state index in [0.717, 1.165) is 11.6 Å². The zero-order valence-corrected chi connectivity index (χ0v) is 9.87. The highest BCUT2D eigenvalue weighted by Crippen LogP contribution is 2.20. The molecule has 2 rings (SSSR count). The largest absolute Gasteiger partial charge is 0.384 e. The Labute approximate surface area is 96.7 Å². The topological polar surface area (TPSA) is 63.8 Å². The molecule has 16 heavy (non-hydrogen) atoms. The number of anilines is 2. The van der Waals surface area contributed by atoms with E-state index in [1.54, 1.807) is 0 Å². The maximum Gasteiger partial charge on any atom is 0.132 e. The Hall–Kier alpha value is -1.32. The molecule has 0 spiro atoms. The van der Waals surface area contributed by atoms with Crippen molar-refractivity contribution >= 4 is 11.6 Å². The fourth-order valence-corrected chi connectivity index (χ4v) is 2.30. The number of nitrogens with zero attached hydrogens (tertiary/aromatic N) is 2. The van der Waals surface area contributed by atoms with E-state index < -0.39 is 0 Å². The van der Waals surface area contributed by atoms with Gasteiger partial charge >= 0.3 is 0 Å². The normalized spacial score (nSPS) is 18.1. The van der Waals surface area contributed by atoms with Gasteiger partial charge in [0.15, 0.2) is 0 Å². The number of hydrogen-bond acceptors (Lipinski definition) is 4. The van der Waals surface area contributed by atoms with Gasteiger partial charge in [0.2, 0.25) is 0 Å². The molecule has 1 aliphatic carbocycles. The van der Waals surface area contributed by atoms with E-state index in [2.05, 4.69) is 15.3 Å². The molecule has 0 unspecified atom stereocenters. The summed E-state index contributed by atoms with van der Waals surface area (Å²) in [6.45, 7) is 1.87. The van der Waals surface area contributed by atoms with Crippen molar-refractivity contribution < 1.29 is 0 Å². The minimum atomic E-state index is 0.545. The first kappa shape index (κ1) is 11.2. The van der Waals surface area contributed by atoms with Gasteiger partial charge in [-0.3, -0.25) is 0 Å². The number of nitrogens with two attached hydrogens (primary N) is 1. The van der Waals surface area contributed by atoms with Crippen LogP contribution in [0, 0.1) is 6.92 Å². The minimum absolute atomic E-state index is 0.545. The average molecular weight is 220 g/mol. The Balaban J connectivity index is 2.01. The summed E-state index contributed by atoms with van der Waals surface area (Å²) >= 11 is 0. The van der Waals surface area contributed by atoms with E-state index in [9.17, 15) is 0 Å². The molecule has 0 atom stereocenters. The van der Waals surface area contributed by atoms with Gasteiger partial charge in [0.25, 0.3) is 0 Å². The third-order valence-electron chi connectivity index (χ3n) is 3.06. The summed E-state index contributed by atoms with van der Waals surface area (Å²) in [5.41, 5.74) is 5.70. The van der Waals surface area contributed by atoms with Crippen LogP contribution in [-0.4, -0.2) is 16.0 Å². The van der Waals surface area contributed by atoms with Crippen LogP contribution in [0.3, 0.4) is 0 Å². The van der Waals surface area contributed by atoms with E-state index in [0.29, 0.717) is 11.9 Å². The quantitative estimate of drug-likeness (QED) is 0.752. The molecule has 0 saturated heterocycles. The molecular weight excluding hydrogens is 200 g/mol. The van der Waals surface area contributed by atoms with Gasteiger partial charge in [-0.2, -0.15) is 0 Å². The van der Waals surface area contributed by atoms with Gasteiger partial charge in [-0.05, 0) is 19.8 Å². The number of nitrogens with one attached hydrogen (secondary N) is 1. The molecule has 1 aliphatic rings. The second-order valence-electron chi connectivity index (χ2n) is 4.56. The number of nitrogen functional groups attached to an aromatic ring is 1. The fourth-order valence-electron chi connectivity index (χ4n) is 2.30. The molecule has 0 amide bonds. The molecule has 4 nitrogen and oxygen atoms in total. The van der Waals surface area contributed by atoms with Gasteiger partial charge in [0.05, 0.1) is 0 Å². The molecule has 0 aliphatic heterocycles. The third-order valence-corrected chi connectivity index (χ3v) is 3.06. The van der Waals surface area contributed by atoms with Crippen molar-refractivity contribution in [1.29, 1.82) is 0 Å². The smallest absolute Gasteiger partial charge is 0.132 e. The summed E-state index contributed by atoms with van der Waals surface area (Å²) in [4.78, 5) is 8.43. The van der Waals surface area contributed by atoms with Crippen molar-refractivity contribution in [3.05, 3.63) is 11.9 Å². The minimum Gasteiger partial charge on any atom is -0.384 e. The average Bonchev–Trinajstić information content (AvgIpc) is 2.44. The zero-order valence-electron chi connectivity index (χ0n) is 9.87. The molecule has 0 bridgehead atoms. The van der Waals surface area contributed by atoms with Crippen molar-refractivity contribution in [2.45, 2.75) is 51.5 Å². The van der Waals surface area contributed by atoms with Gasteiger partial charge in [-0.1, -0.05) is 25.7 Å². The molecule has 1 fully saturated rings. The Kier molecular flexibility index (Phi) is 3.59. The highest BCUT2D eigenvalue weighted by atomic mass is 15.1. The third kappa shape index (κ3) is 3.08. The summed E-state index contributed by atoms with van der Waals surface area (Å²) in [7, 11) is 0. The maximum atomic E-state index is 5.70. The van der Waals surface area contributed by atoms with Gasteiger partial charge in [0.1, 0.15) is 17.5 Å². The van der Waals surface area contributed by atoms with Crippen molar-refractivity contribution in [3.8, 4) is 0 Å². The molecule has 3 N–H and O–H groups in total. The number of aryl methyl sites for hydroxylation is 1. The molecule has 1 saturated carbocycles. The van der Waals surface area contributed by atoms with Crippen molar-refractivity contribution in [3.63, 3.8) is 0 Å². The van der Waals surface area contributed by atoms with E-state index in [1.165, 1.54) is 38.5 Å². The van der Waals surface area contributed by atoms with Gasteiger partial charge < -0.3 is 11.1 Å². The van der Waals surface area contributed by atoms with E-state index in [4.69, 9.17) is 5.73 Å². The molecule has 1 aromatic heterocycles. The van der Waals surface area contributed by atoms with Crippen LogP contribution < -0.4 is 11.1 Å². The number of aromatic nitrogens is 2. The summed E-state index contributed by atoms with van der Waals surface area (Å²) in [6.07, 6.45) is 7.84. The molecule has 0 aromatic carbocycles. The van der Waals surface area contributed by atoms with Crippen LogP contribution in [0.2, 0.25) is 0 Å². The Morgan fingerprint density at radius 3 is 2.50 bits per heavy atom. The molecule has 1 aromatic rings. The first-order valence-electron chi connectivity index (χ1n) is 6.12. The highest BCUT2D eigenvalue weighted by Gasteiger charge is 2.12. The lowest BCUT2D eigenvalue weighted by molar-refractivity contribution is 0.617. The van der Waals surface area contributed by atoms with E-state index in [-0.39, 0.29) is 0 Å². The SMILES string of the molecule is Cc1nc(N)cc(NC2CCCCCC2)n1. The number of rotatable bonds is 2. The Morgan fingerprint density at radius 2 is 1.88 bits per heavy atom. The molecule has 0 radical (unpaired) electrons. The van der Waals surface area contributed by atoms with Crippen LogP contribution in [0.4, 0.5) is 11.6 Å². The van der Waals surface area contributed by atoms with Crippen LogP contribution in [-0.2, 0) is 0 Å². The fraction of sp³-hybridized carbons (Fsp3) is 0.667. The predicted molar refractivity (Wildman–Crippen MR) is 66.3 cm³/mol. The lowest BCUT2D eigenvalue weighted by Gasteiger charge is -2.17. The van der Waals surface area contributed by atoms with Crippen molar-refractivity contribution in [2.75, 3.05) is 11.1 Å². The van der Waals surface area contributed by atoms with Crippen LogP contribution >= 0.6 is 0 Å². The second-order valence-corrected chi connectivity index (χ2v) is 4.56. The summed E-state index contributed by atoms with van der Waals surface area (Å²) < 4.78 is 0. The first-order valence-corrected chi connectivity index (χ1v) is 6.12. The number of hydrogen-bond donors (Lipinski definition) is 2. The lowest BCUT2D eigenvalue weighted by atomic mass is 10.1. The van der Waals surface area contributed by atoms with Crippen molar-refractivity contribution in [2.24, 2.45) is 0 Å².